The van der Waals surface area contributed by atoms with E-state index in [1.165, 1.54) is 11.8 Å². The average Bonchev–Trinajstić information content (AvgIpc) is 2.50. The standard InChI is InChI=1S/C9H15NO4S/c1-5(2)7(8(11)12)15-4-6-3-10-9(13)14-6/h5-7H,3-4H2,1-2H3,(H,10,13)(H,11,12). The van der Waals surface area contributed by atoms with Crippen LogP contribution in [0.25, 0.3) is 0 Å². The van der Waals surface area contributed by atoms with Crippen molar-refractivity contribution in [2.45, 2.75) is 25.2 Å². The van der Waals surface area contributed by atoms with E-state index in [-0.39, 0.29) is 12.0 Å². The molecule has 0 radical (unpaired) electrons. The minimum Gasteiger partial charge on any atom is -0.480 e. The number of carboxylic acid groups (broad SMARTS) is 1. The fourth-order valence-electron chi connectivity index (χ4n) is 1.28. The van der Waals surface area contributed by atoms with Gasteiger partial charge in [0.05, 0.1) is 6.54 Å². The number of aliphatic carboxylic acids is 1. The van der Waals surface area contributed by atoms with Gasteiger partial charge in [-0.15, -0.1) is 11.8 Å². The smallest absolute Gasteiger partial charge is 0.407 e. The van der Waals surface area contributed by atoms with Crippen LogP contribution in [0.3, 0.4) is 0 Å². The molecule has 1 aliphatic heterocycles. The highest BCUT2D eigenvalue weighted by atomic mass is 32.2. The van der Waals surface area contributed by atoms with Gasteiger partial charge in [0.1, 0.15) is 11.4 Å². The van der Waals surface area contributed by atoms with E-state index in [1.54, 1.807) is 0 Å². The number of thioether (sulfide) groups is 1. The highest BCUT2D eigenvalue weighted by Gasteiger charge is 2.27. The van der Waals surface area contributed by atoms with Gasteiger partial charge in [0.15, 0.2) is 0 Å². The molecule has 0 saturated carbocycles. The largest absolute Gasteiger partial charge is 0.480 e. The fraction of sp³-hybridized carbons (Fsp3) is 0.778. The molecule has 0 bridgehead atoms. The van der Waals surface area contributed by atoms with E-state index >= 15 is 0 Å². The van der Waals surface area contributed by atoms with E-state index in [0.29, 0.717) is 12.3 Å². The SMILES string of the molecule is CC(C)C(SCC1CNC(=O)O1)C(=O)O. The van der Waals surface area contributed by atoms with E-state index < -0.39 is 17.3 Å². The Balaban J connectivity index is 2.34. The van der Waals surface area contributed by atoms with Crippen LogP contribution >= 0.6 is 11.8 Å². The molecule has 2 atom stereocenters. The molecule has 1 aliphatic rings. The summed E-state index contributed by atoms with van der Waals surface area (Å²) < 4.78 is 4.91. The Kier molecular flexibility index (Phi) is 4.26. The van der Waals surface area contributed by atoms with Gasteiger partial charge in [-0.3, -0.25) is 4.79 Å². The van der Waals surface area contributed by atoms with Crippen molar-refractivity contribution in [1.29, 1.82) is 0 Å². The molecule has 5 nitrogen and oxygen atoms in total. The lowest BCUT2D eigenvalue weighted by atomic mass is 10.1. The zero-order chi connectivity index (χ0) is 11.4. The second-order valence-corrected chi connectivity index (χ2v) is 4.92. The monoisotopic (exact) mass is 233 g/mol. The molecule has 2 N–H and O–H groups in total. The summed E-state index contributed by atoms with van der Waals surface area (Å²) in [7, 11) is 0. The molecule has 0 aromatic carbocycles. The van der Waals surface area contributed by atoms with Crippen molar-refractivity contribution in [3.05, 3.63) is 0 Å². The van der Waals surface area contributed by atoms with Crippen molar-refractivity contribution in [2.75, 3.05) is 12.3 Å². The van der Waals surface area contributed by atoms with Gasteiger partial charge in [0.25, 0.3) is 0 Å². The predicted octanol–water partition coefficient (Wildman–Crippen LogP) is 0.937. The van der Waals surface area contributed by atoms with Crippen LogP contribution in [0.5, 0.6) is 0 Å². The van der Waals surface area contributed by atoms with Crippen LogP contribution in [0.4, 0.5) is 4.79 Å². The number of ether oxygens (including phenoxy) is 1. The molecule has 1 heterocycles. The highest BCUT2D eigenvalue weighted by molar-refractivity contribution is 8.00. The zero-order valence-corrected chi connectivity index (χ0v) is 9.54. The Labute approximate surface area is 92.6 Å². The van der Waals surface area contributed by atoms with Crippen LogP contribution in [0.2, 0.25) is 0 Å². The van der Waals surface area contributed by atoms with Crippen LogP contribution in [0.1, 0.15) is 13.8 Å². The molecule has 1 rings (SSSR count). The first-order valence-corrected chi connectivity index (χ1v) is 5.84. The molecule has 15 heavy (non-hydrogen) atoms. The number of carbonyl (C=O) groups excluding carboxylic acids is 1. The van der Waals surface area contributed by atoms with Crippen molar-refractivity contribution >= 4 is 23.8 Å². The predicted molar refractivity (Wildman–Crippen MR) is 57.0 cm³/mol. The summed E-state index contributed by atoms with van der Waals surface area (Å²) in [6.07, 6.45) is -0.625. The van der Waals surface area contributed by atoms with Gasteiger partial charge in [-0.05, 0) is 5.92 Å². The van der Waals surface area contributed by atoms with E-state index in [2.05, 4.69) is 5.32 Å². The number of carboxylic acids is 1. The van der Waals surface area contributed by atoms with Gasteiger partial charge in [0, 0.05) is 5.75 Å². The topological polar surface area (TPSA) is 75.6 Å². The summed E-state index contributed by atoms with van der Waals surface area (Å²) in [4.78, 5) is 21.6. The van der Waals surface area contributed by atoms with Crippen molar-refractivity contribution in [3.8, 4) is 0 Å². The van der Waals surface area contributed by atoms with Gasteiger partial charge in [-0.1, -0.05) is 13.8 Å². The molecule has 1 amide bonds. The molecule has 86 valence electrons. The quantitative estimate of drug-likeness (QED) is 0.739. The van der Waals surface area contributed by atoms with Gasteiger partial charge < -0.3 is 15.2 Å². The number of nitrogens with one attached hydrogen (secondary N) is 1. The lowest BCUT2D eigenvalue weighted by molar-refractivity contribution is -0.137. The summed E-state index contributed by atoms with van der Waals surface area (Å²) in [5.41, 5.74) is 0. The zero-order valence-electron chi connectivity index (χ0n) is 8.73. The number of cyclic esters (lactones) is 1. The molecule has 0 aromatic rings. The number of amides is 1. The lowest BCUT2D eigenvalue weighted by Crippen LogP contribution is -2.26. The number of carbonyl (C=O) groups is 2. The Morgan fingerprint density at radius 2 is 2.40 bits per heavy atom. The van der Waals surface area contributed by atoms with Gasteiger partial charge in [-0.25, -0.2) is 4.79 Å². The Hall–Kier alpha value is -0.910. The highest BCUT2D eigenvalue weighted by Crippen LogP contribution is 2.22. The Bertz CT molecular complexity index is 256. The maximum absolute atomic E-state index is 10.9. The van der Waals surface area contributed by atoms with Crippen molar-refractivity contribution < 1.29 is 19.4 Å². The van der Waals surface area contributed by atoms with E-state index in [1.807, 2.05) is 13.8 Å². The van der Waals surface area contributed by atoms with E-state index in [0.717, 1.165) is 0 Å². The minimum atomic E-state index is -0.813. The molecule has 0 aliphatic carbocycles. The number of rotatable bonds is 5. The Morgan fingerprint density at radius 3 is 2.80 bits per heavy atom. The first-order valence-electron chi connectivity index (χ1n) is 4.79. The molecule has 1 saturated heterocycles. The first-order chi connectivity index (χ1) is 7.00. The van der Waals surface area contributed by atoms with Gasteiger partial charge in [0.2, 0.25) is 0 Å². The summed E-state index contributed by atoms with van der Waals surface area (Å²) in [5.74, 6) is -0.224. The number of hydrogen-bond acceptors (Lipinski definition) is 4. The second kappa shape index (κ2) is 5.25. The number of alkyl carbamates (subject to hydrolysis) is 1. The maximum atomic E-state index is 10.9. The summed E-state index contributed by atoms with van der Waals surface area (Å²) in [6.45, 7) is 4.20. The lowest BCUT2D eigenvalue weighted by Gasteiger charge is -2.16. The van der Waals surface area contributed by atoms with E-state index in [4.69, 9.17) is 9.84 Å². The van der Waals surface area contributed by atoms with E-state index in [9.17, 15) is 9.59 Å². The number of hydrogen-bond donors (Lipinski definition) is 2. The van der Waals surface area contributed by atoms with Crippen molar-refractivity contribution in [3.63, 3.8) is 0 Å². The molecule has 6 heteroatoms. The molecule has 2 unspecified atom stereocenters. The average molecular weight is 233 g/mol. The summed E-state index contributed by atoms with van der Waals surface area (Å²) in [6, 6.07) is 0. The van der Waals surface area contributed by atoms with Gasteiger partial charge in [-0.2, -0.15) is 0 Å². The van der Waals surface area contributed by atoms with Crippen LogP contribution in [-0.4, -0.2) is 40.8 Å². The summed E-state index contributed by atoms with van der Waals surface area (Å²) >= 11 is 1.32. The normalized spacial score (nSPS) is 22.3. The fourth-order valence-corrected chi connectivity index (χ4v) is 2.42. The second-order valence-electron chi connectivity index (χ2n) is 3.74. The van der Waals surface area contributed by atoms with Crippen LogP contribution in [-0.2, 0) is 9.53 Å². The molecular formula is C9H15NO4S. The Morgan fingerprint density at radius 1 is 1.73 bits per heavy atom. The molecule has 0 aromatic heterocycles. The third-order valence-corrected chi connectivity index (χ3v) is 3.73. The third kappa shape index (κ3) is 3.62. The van der Waals surface area contributed by atoms with Crippen LogP contribution in [0.15, 0.2) is 0 Å². The minimum absolute atomic E-state index is 0.0672. The molecule has 0 spiro atoms. The molecular weight excluding hydrogens is 218 g/mol. The van der Waals surface area contributed by atoms with Crippen molar-refractivity contribution in [1.82, 2.24) is 5.32 Å². The first kappa shape index (κ1) is 12.2. The third-order valence-electron chi connectivity index (χ3n) is 2.06. The van der Waals surface area contributed by atoms with Crippen LogP contribution < -0.4 is 5.32 Å². The maximum Gasteiger partial charge on any atom is 0.407 e. The molecule has 1 fully saturated rings. The van der Waals surface area contributed by atoms with Crippen molar-refractivity contribution in [2.24, 2.45) is 5.92 Å². The van der Waals surface area contributed by atoms with Crippen LogP contribution in [0, 0.1) is 5.92 Å². The summed E-state index contributed by atoms with van der Waals surface area (Å²) in [5, 5.41) is 11.0. The van der Waals surface area contributed by atoms with Gasteiger partial charge >= 0.3 is 12.1 Å².